The van der Waals surface area contributed by atoms with Gasteiger partial charge in [0.05, 0.1) is 4.92 Å². The van der Waals surface area contributed by atoms with E-state index in [0.29, 0.717) is 23.2 Å². The van der Waals surface area contributed by atoms with Gasteiger partial charge >= 0.3 is 0 Å². The van der Waals surface area contributed by atoms with Gasteiger partial charge in [-0.2, -0.15) is 0 Å². The summed E-state index contributed by atoms with van der Waals surface area (Å²) in [5.41, 5.74) is 0.809. The molecule has 1 aliphatic rings. The number of nitro groups is 1. The Morgan fingerprint density at radius 3 is 2.90 bits per heavy atom. The largest absolute Gasteiger partial charge is 0.310 e. The third kappa shape index (κ3) is 4.18. The molecule has 5 heteroatoms. The topological polar surface area (TPSA) is 55.2 Å². The second-order valence-electron chi connectivity index (χ2n) is 5.72. The van der Waals surface area contributed by atoms with Crippen molar-refractivity contribution in [3.05, 3.63) is 38.9 Å². The Bertz CT molecular complexity index is 479. The van der Waals surface area contributed by atoms with Crippen molar-refractivity contribution in [3.8, 4) is 0 Å². The molecule has 2 unspecified atom stereocenters. The maximum absolute atomic E-state index is 11.0. The maximum atomic E-state index is 11.0. The van der Waals surface area contributed by atoms with Gasteiger partial charge in [-0.1, -0.05) is 31.4 Å². The summed E-state index contributed by atoms with van der Waals surface area (Å²) in [5, 5.41) is 14.9. The normalized spacial score (nSPS) is 23.3. The number of nitrogens with zero attached hydrogens (tertiary/aromatic N) is 1. The number of hydrogen-bond acceptors (Lipinski definition) is 3. The van der Waals surface area contributed by atoms with E-state index in [9.17, 15) is 10.1 Å². The molecule has 0 radical (unpaired) electrons. The summed E-state index contributed by atoms with van der Waals surface area (Å²) in [7, 11) is 0. The van der Waals surface area contributed by atoms with E-state index >= 15 is 0 Å². The number of rotatable bonds is 4. The predicted octanol–water partition coefficient (Wildman–Crippen LogP) is 4.31. The molecule has 0 aromatic heterocycles. The Morgan fingerprint density at radius 2 is 2.15 bits per heavy atom. The van der Waals surface area contributed by atoms with Crippen LogP contribution in [0.25, 0.3) is 0 Å². The Balaban J connectivity index is 1.98. The zero-order chi connectivity index (χ0) is 14.5. The summed E-state index contributed by atoms with van der Waals surface area (Å²) in [4.78, 5) is 10.7. The Morgan fingerprint density at radius 1 is 1.35 bits per heavy atom. The van der Waals surface area contributed by atoms with E-state index in [4.69, 9.17) is 11.6 Å². The van der Waals surface area contributed by atoms with Gasteiger partial charge in [-0.25, -0.2) is 0 Å². The third-order valence-electron chi connectivity index (χ3n) is 4.08. The number of halogens is 1. The predicted molar refractivity (Wildman–Crippen MR) is 81.0 cm³/mol. The smallest absolute Gasteiger partial charge is 0.275 e. The summed E-state index contributed by atoms with van der Waals surface area (Å²) in [6.07, 6.45) is 6.08. The SMILES string of the molecule is CC1CCCC(NCc2ccc(Cl)cc2[N+](=O)[O-])CC1. The molecule has 1 aromatic carbocycles. The molecule has 0 saturated heterocycles. The Hall–Kier alpha value is -1.13. The van der Waals surface area contributed by atoms with Crippen LogP contribution in [0.2, 0.25) is 5.02 Å². The number of nitro benzene ring substituents is 1. The minimum absolute atomic E-state index is 0.104. The molecule has 1 fully saturated rings. The van der Waals surface area contributed by atoms with Crippen molar-refractivity contribution in [2.45, 2.75) is 51.6 Å². The molecule has 1 aromatic rings. The van der Waals surface area contributed by atoms with Gasteiger partial charge in [0.1, 0.15) is 0 Å². The summed E-state index contributed by atoms with van der Waals surface area (Å²) < 4.78 is 0. The summed E-state index contributed by atoms with van der Waals surface area (Å²) in [6.45, 7) is 2.83. The number of benzene rings is 1. The first-order chi connectivity index (χ1) is 9.56. The lowest BCUT2D eigenvalue weighted by Gasteiger charge is -2.16. The van der Waals surface area contributed by atoms with Crippen molar-refractivity contribution in [1.82, 2.24) is 5.32 Å². The van der Waals surface area contributed by atoms with Crippen molar-refractivity contribution in [2.75, 3.05) is 0 Å². The quantitative estimate of drug-likeness (QED) is 0.512. The molecular formula is C15H21ClN2O2. The maximum Gasteiger partial charge on any atom is 0.275 e. The second kappa shape index (κ2) is 7.04. The van der Waals surface area contributed by atoms with Crippen LogP contribution >= 0.6 is 11.6 Å². The van der Waals surface area contributed by atoms with Crippen LogP contribution in [0.5, 0.6) is 0 Å². The fourth-order valence-electron chi connectivity index (χ4n) is 2.80. The van der Waals surface area contributed by atoms with E-state index in [1.807, 2.05) is 0 Å². The van der Waals surface area contributed by atoms with E-state index in [1.54, 1.807) is 12.1 Å². The molecule has 1 aliphatic carbocycles. The molecular weight excluding hydrogens is 276 g/mol. The number of nitrogens with one attached hydrogen (secondary N) is 1. The van der Waals surface area contributed by atoms with Gasteiger partial charge < -0.3 is 5.32 Å². The molecule has 20 heavy (non-hydrogen) atoms. The van der Waals surface area contributed by atoms with Crippen LogP contribution in [0.15, 0.2) is 18.2 Å². The lowest BCUT2D eigenvalue weighted by Crippen LogP contribution is -2.28. The van der Waals surface area contributed by atoms with Crippen LogP contribution < -0.4 is 5.32 Å². The van der Waals surface area contributed by atoms with Crippen molar-refractivity contribution in [3.63, 3.8) is 0 Å². The van der Waals surface area contributed by atoms with Gasteiger partial charge in [-0.15, -0.1) is 0 Å². The molecule has 0 bridgehead atoms. The molecule has 1 N–H and O–H groups in total. The van der Waals surface area contributed by atoms with Crippen molar-refractivity contribution in [2.24, 2.45) is 5.92 Å². The Labute approximate surface area is 124 Å². The fourth-order valence-corrected chi connectivity index (χ4v) is 2.97. The van der Waals surface area contributed by atoms with Gasteiger partial charge in [0.15, 0.2) is 0 Å². The molecule has 0 amide bonds. The summed E-state index contributed by atoms with van der Waals surface area (Å²) in [6, 6.07) is 5.34. The lowest BCUT2D eigenvalue weighted by atomic mass is 10.0. The van der Waals surface area contributed by atoms with E-state index in [2.05, 4.69) is 12.2 Å². The monoisotopic (exact) mass is 296 g/mol. The van der Waals surface area contributed by atoms with Crippen LogP contribution in [0.4, 0.5) is 5.69 Å². The average Bonchev–Trinajstić information content (AvgIpc) is 2.62. The van der Waals surface area contributed by atoms with Crippen LogP contribution in [0, 0.1) is 16.0 Å². The molecule has 0 aliphatic heterocycles. The minimum atomic E-state index is -0.363. The lowest BCUT2D eigenvalue weighted by molar-refractivity contribution is -0.385. The van der Waals surface area contributed by atoms with E-state index in [1.165, 1.54) is 25.3 Å². The molecule has 0 heterocycles. The van der Waals surface area contributed by atoms with E-state index < -0.39 is 0 Å². The highest BCUT2D eigenvalue weighted by Crippen LogP contribution is 2.25. The van der Waals surface area contributed by atoms with Gasteiger partial charge in [0, 0.05) is 29.2 Å². The first kappa shape index (κ1) is 15.3. The van der Waals surface area contributed by atoms with Crippen molar-refractivity contribution in [1.29, 1.82) is 0 Å². The van der Waals surface area contributed by atoms with Crippen LogP contribution in [0.1, 0.15) is 44.6 Å². The average molecular weight is 297 g/mol. The van der Waals surface area contributed by atoms with Gasteiger partial charge in [0.25, 0.3) is 5.69 Å². The zero-order valence-corrected chi connectivity index (χ0v) is 12.5. The molecule has 2 rings (SSSR count). The standard InChI is InChI=1S/C15H21ClN2O2/c1-11-3-2-4-14(8-5-11)17-10-12-6-7-13(16)9-15(12)18(19)20/h6-7,9,11,14,17H,2-5,8,10H2,1H3. The summed E-state index contributed by atoms with van der Waals surface area (Å²) >= 11 is 5.82. The summed E-state index contributed by atoms with van der Waals surface area (Å²) in [5.74, 6) is 0.798. The first-order valence-corrected chi connectivity index (χ1v) is 7.60. The minimum Gasteiger partial charge on any atom is -0.310 e. The highest BCUT2D eigenvalue weighted by atomic mass is 35.5. The highest BCUT2D eigenvalue weighted by Gasteiger charge is 2.18. The van der Waals surface area contributed by atoms with Gasteiger partial charge in [-0.05, 0) is 37.3 Å². The number of hydrogen-bond donors (Lipinski definition) is 1. The second-order valence-corrected chi connectivity index (χ2v) is 6.16. The first-order valence-electron chi connectivity index (χ1n) is 7.22. The molecule has 1 saturated carbocycles. The van der Waals surface area contributed by atoms with Crippen LogP contribution in [-0.4, -0.2) is 11.0 Å². The molecule has 0 spiro atoms. The van der Waals surface area contributed by atoms with E-state index in [0.717, 1.165) is 18.8 Å². The van der Waals surface area contributed by atoms with Gasteiger partial charge in [-0.3, -0.25) is 10.1 Å². The molecule has 4 nitrogen and oxygen atoms in total. The van der Waals surface area contributed by atoms with E-state index in [-0.39, 0.29) is 10.6 Å². The van der Waals surface area contributed by atoms with Crippen molar-refractivity contribution < 1.29 is 4.92 Å². The fraction of sp³-hybridized carbons (Fsp3) is 0.600. The highest BCUT2D eigenvalue weighted by molar-refractivity contribution is 6.30. The van der Waals surface area contributed by atoms with Gasteiger partial charge in [0.2, 0.25) is 0 Å². The van der Waals surface area contributed by atoms with Crippen molar-refractivity contribution >= 4 is 17.3 Å². The Kier molecular flexibility index (Phi) is 5.38. The van der Waals surface area contributed by atoms with Crippen LogP contribution in [-0.2, 0) is 6.54 Å². The third-order valence-corrected chi connectivity index (χ3v) is 4.32. The zero-order valence-electron chi connectivity index (χ0n) is 11.8. The molecule has 110 valence electrons. The van der Waals surface area contributed by atoms with Crippen LogP contribution in [0.3, 0.4) is 0 Å². The molecule has 2 atom stereocenters.